The smallest absolute Gasteiger partial charge is 0.161 e. The fraction of sp³-hybridized carbons (Fsp3) is 0.0185. The first kappa shape index (κ1) is 33.5. The Kier molecular flexibility index (Phi) is 7.74. The molecule has 0 saturated heterocycles. The maximum atomic E-state index is 9.37. The second-order valence-corrected chi connectivity index (χ2v) is 14.8. The van der Waals surface area contributed by atoms with E-state index in [1.807, 2.05) is 48.5 Å². The minimum Gasteiger partial charge on any atom is -0.457 e. The van der Waals surface area contributed by atoms with Crippen molar-refractivity contribution in [3.63, 3.8) is 0 Å². The van der Waals surface area contributed by atoms with Gasteiger partial charge in [-0.15, -0.1) is 0 Å². The van der Waals surface area contributed by atoms with Crippen LogP contribution in [0.25, 0.3) is 67.3 Å². The molecule has 58 heavy (non-hydrogen) atoms. The molecule has 1 spiro atoms. The number of benzene rings is 8. The summed E-state index contributed by atoms with van der Waals surface area (Å²) in [6.07, 6.45) is 0. The molecule has 0 amide bonds. The zero-order valence-corrected chi connectivity index (χ0v) is 31.3. The summed E-state index contributed by atoms with van der Waals surface area (Å²) in [6, 6.07) is 71.8. The van der Waals surface area contributed by atoms with Crippen LogP contribution in [0.3, 0.4) is 0 Å². The summed E-state index contributed by atoms with van der Waals surface area (Å²) in [5.41, 5.74) is 15.9. The Bertz CT molecular complexity index is 2970. The number of para-hydroxylation sites is 2. The Morgan fingerprint density at radius 2 is 0.845 bits per heavy atom. The molecule has 0 saturated carbocycles. The highest BCUT2D eigenvalue weighted by Gasteiger charge is 2.52. The Balaban J connectivity index is 1.21. The van der Waals surface area contributed by atoms with Gasteiger partial charge in [-0.3, -0.25) is 0 Å². The lowest BCUT2D eigenvalue weighted by Crippen LogP contribution is -2.32. The average Bonchev–Trinajstić information content (AvgIpc) is 3.60. The second-order valence-electron chi connectivity index (χ2n) is 14.8. The second kappa shape index (κ2) is 13.4. The summed E-state index contributed by atoms with van der Waals surface area (Å²) in [5.74, 6) is 2.35. The highest BCUT2D eigenvalue weighted by molar-refractivity contribution is 6.02. The summed E-state index contributed by atoms with van der Waals surface area (Å²) < 4.78 is 6.68. The molecule has 0 bridgehead atoms. The molecule has 0 fully saturated rings. The number of fused-ring (bicyclic) bond motifs is 9. The molecule has 1 aliphatic heterocycles. The fourth-order valence-electron chi connectivity index (χ4n) is 9.08. The molecular formula is C54H33N3O. The molecule has 1 aliphatic carbocycles. The van der Waals surface area contributed by atoms with Gasteiger partial charge in [-0.1, -0.05) is 170 Å². The van der Waals surface area contributed by atoms with Gasteiger partial charge in [0, 0.05) is 27.8 Å². The van der Waals surface area contributed by atoms with Gasteiger partial charge in [0.2, 0.25) is 0 Å². The minimum absolute atomic E-state index is 0.647. The molecule has 9 aromatic rings. The molecule has 8 aromatic carbocycles. The predicted molar refractivity (Wildman–Crippen MR) is 231 cm³/mol. The lowest BCUT2D eigenvalue weighted by Gasteiger charge is -2.39. The molecule has 2 heterocycles. The van der Waals surface area contributed by atoms with Crippen molar-refractivity contribution in [2.45, 2.75) is 5.41 Å². The van der Waals surface area contributed by atoms with Crippen LogP contribution in [-0.4, -0.2) is 9.97 Å². The zero-order chi connectivity index (χ0) is 38.6. The van der Waals surface area contributed by atoms with E-state index in [0.717, 1.165) is 84.1 Å². The van der Waals surface area contributed by atoms with Crippen LogP contribution in [0, 0.1) is 11.3 Å². The molecule has 0 radical (unpaired) electrons. The molecule has 2 aliphatic rings. The van der Waals surface area contributed by atoms with Gasteiger partial charge in [0.15, 0.2) is 5.82 Å². The third-order valence-corrected chi connectivity index (χ3v) is 11.6. The lowest BCUT2D eigenvalue weighted by molar-refractivity contribution is 0.436. The topological polar surface area (TPSA) is 58.8 Å². The molecule has 11 rings (SSSR count). The van der Waals surface area contributed by atoms with Gasteiger partial charge in [0.25, 0.3) is 0 Å². The highest BCUT2D eigenvalue weighted by Crippen LogP contribution is 2.64. The minimum atomic E-state index is -0.677. The predicted octanol–water partition coefficient (Wildman–Crippen LogP) is 13.2. The molecule has 1 aromatic heterocycles. The lowest BCUT2D eigenvalue weighted by atomic mass is 9.66. The van der Waals surface area contributed by atoms with E-state index < -0.39 is 5.41 Å². The molecule has 0 atom stereocenters. The van der Waals surface area contributed by atoms with Crippen molar-refractivity contribution >= 4 is 0 Å². The van der Waals surface area contributed by atoms with Gasteiger partial charge >= 0.3 is 0 Å². The van der Waals surface area contributed by atoms with Crippen LogP contribution >= 0.6 is 0 Å². The van der Waals surface area contributed by atoms with E-state index in [0.29, 0.717) is 11.4 Å². The number of nitriles is 1. The first-order valence-electron chi connectivity index (χ1n) is 19.5. The Hall–Kier alpha value is -7.87. The van der Waals surface area contributed by atoms with Crippen LogP contribution in [0.15, 0.2) is 200 Å². The number of ether oxygens (including phenoxy) is 1. The van der Waals surface area contributed by atoms with Gasteiger partial charge in [0.05, 0.1) is 28.4 Å². The average molecular weight is 740 g/mol. The van der Waals surface area contributed by atoms with Gasteiger partial charge in [0.1, 0.15) is 11.5 Å². The van der Waals surface area contributed by atoms with Gasteiger partial charge in [-0.2, -0.15) is 5.26 Å². The normalized spacial score (nSPS) is 12.7. The Morgan fingerprint density at radius 1 is 0.397 bits per heavy atom. The van der Waals surface area contributed by atoms with Gasteiger partial charge in [-0.25, -0.2) is 9.97 Å². The van der Waals surface area contributed by atoms with Crippen molar-refractivity contribution in [3.8, 4) is 84.9 Å². The summed E-state index contributed by atoms with van der Waals surface area (Å²) >= 11 is 0. The van der Waals surface area contributed by atoms with Crippen molar-refractivity contribution < 1.29 is 4.74 Å². The zero-order valence-electron chi connectivity index (χ0n) is 31.3. The highest BCUT2D eigenvalue weighted by atomic mass is 16.5. The van der Waals surface area contributed by atoms with E-state index in [2.05, 4.69) is 158 Å². The van der Waals surface area contributed by atoms with E-state index in [9.17, 15) is 5.26 Å². The van der Waals surface area contributed by atoms with E-state index in [-0.39, 0.29) is 0 Å². The molecule has 0 unspecified atom stereocenters. The third kappa shape index (κ3) is 5.15. The maximum Gasteiger partial charge on any atom is 0.161 e. The monoisotopic (exact) mass is 739 g/mol. The summed E-state index contributed by atoms with van der Waals surface area (Å²) in [5, 5.41) is 9.37. The summed E-state index contributed by atoms with van der Waals surface area (Å²) in [7, 11) is 0. The number of hydrogen-bond acceptors (Lipinski definition) is 4. The van der Waals surface area contributed by atoms with Crippen LogP contribution in [0.1, 0.15) is 27.8 Å². The van der Waals surface area contributed by atoms with Crippen molar-refractivity contribution in [3.05, 3.63) is 228 Å². The number of nitrogens with zero attached hydrogens (tertiary/aromatic N) is 3. The van der Waals surface area contributed by atoms with Crippen LogP contribution in [0.5, 0.6) is 11.5 Å². The standard InChI is InChI=1S/C54H33N3O/c55-34-35-25-27-36(28-26-35)37-29-31-38(32-30-37)41-17-11-21-45-51(41)52-42(53-56-47(39-13-3-1-4-14-39)33-48(57-53)40-15-5-2-6-16-40)18-12-22-46(52)54(45)43-19-7-9-23-49(43)58-50-24-10-8-20-44(50)54/h1-33H. The molecule has 4 heteroatoms. The van der Waals surface area contributed by atoms with Crippen molar-refractivity contribution in [1.82, 2.24) is 9.97 Å². The Labute approximate surface area is 337 Å². The van der Waals surface area contributed by atoms with Crippen LogP contribution in [-0.2, 0) is 5.41 Å². The Morgan fingerprint density at radius 3 is 1.40 bits per heavy atom. The third-order valence-electron chi connectivity index (χ3n) is 11.6. The molecule has 4 nitrogen and oxygen atoms in total. The molecule has 0 N–H and O–H groups in total. The largest absolute Gasteiger partial charge is 0.457 e. The summed E-state index contributed by atoms with van der Waals surface area (Å²) in [6.45, 7) is 0. The fourth-order valence-corrected chi connectivity index (χ4v) is 9.08. The quantitative estimate of drug-likeness (QED) is 0.176. The maximum absolute atomic E-state index is 9.37. The number of aromatic nitrogens is 2. The van der Waals surface area contributed by atoms with E-state index >= 15 is 0 Å². The van der Waals surface area contributed by atoms with Crippen molar-refractivity contribution in [2.24, 2.45) is 0 Å². The van der Waals surface area contributed by atoms with E-state index in [1.165, 1.54) is 11.1 Å². The van der Waals surface area contributed by atoms with E-state index in [4.69, 9.17) is 14.7 Å². The van der Waals surface area contributed by atoms with Gasteiger partial charge < -0.3 is 4.74 Å². The van der Waals surface area contributed by atoms with Crippen molar-refractivity contribution in [2.75, 3.05) is 0 Å². The molecule has 270 valence electrons. The van der Waals surface area contributed by atoms with Gasteiger partial charge in [-0.05, 0) is 74.8 Å². The van der Waals surface area contributed by atoms with E-state index in [1.54, 1.807) is 0 Å². The van der Waals surface area contributed by atoms with Crippen molar-refractivity contribution in [1.29, 1.82) is 5.26 Å². The molecular weight excluding hydrogens is 707 g/mol. The summed E-state index contributed by atoms with van der Waals surface area (Å²) in [4.78, 5) is 10.8. The first-order valence-corrected chi connectivity index (χ1v) is 19.5. The van der Waals surface area contributed by atoms with Crippen LogP contribution in [0.4, 0.5) is 0 Å². The van der Waals surface area contributed by atoms with Crippen LogP contribution in [0.2, 0.25) is 0 Å². The van der Waals surface area contributed by atoms with Crippen LogP contribution < -0.4 is 4.74 Å². The first-order chi connectivity index (χ1) is 28.7. The number of rotatable bonds is 5. The number of hydrogen-bond donors (Lipinski definition) is 0. The SMILES string of the molecule is N#Cc1ccc(-c2ccc(-c3cccc4c3-c3c(-c5nc(-c6ccccc6)cc(-c6ccccc6)n5)cccc3C43c4ccccc4Oc4ccccc43)cc2)cc1.